The van der Waals surface area contributed by atoms with Crippen molar-refractivity contribution in [3.05, 3.63) is 0 Å². The third-order valence-electron chi connectivity index (χ3n) is 12.8. The predicted octanol–water partition coefficient (Wildman–Crippen LogP) is -12.1. The Morgan fingerprint density at radius 3 is 1.59 bits per heavy atom. The molecule has 29 atom stereocenters. The van der Waals surface area contributed by atoms with Crippen molar-refractivity contribution in [3.63, 3.8) is 0 Å². The Bertz CT molecular complexity index is 1680. The van der Waals surface area contributed by atoms with Gasteiger partial charge in [-0.15, -0.1) is 0 Å². The first kappa shape index (κ1) is 57.1. The van der Waals surface area contributed by atoms with Crippen LogP contribution in [0.25, 0.3) is 0 Å². The topological polar surface area (TPSA) is 483 Å². The second-order valence-electron chi connectivity index (χ2n) is 17.8. The molecule has 0 aromatic rings. The molecule has 6 aliphatic rings. The molecule has 29 unspecified atom stereocenters. The second kappa shape index (κ2) is 24.5. The molecular weight excluding hydrogens is 960 g/mol. The van der Waals surface area contributed by atoms with E-state index in [4.69, 9.17) is 52.1 Å². The standard InChI is InChI=1S/C39H66N2O29/c1-9-19(48)24(53)29(58)38(62-9)69-32-18(41-11(3)46)34(59)63-15(6-44)31(32)68-35-17(40-10(2)45)23(52)30(14(5-43)65-35)67-39-33(70-37-27(56)20(49)12(47)7-60-37)26(55)22(51)16(66-39)8-61-36-28(57)25(54)21(50)13(4-42)64-36/h9,12-39,42-44,47-59H,4-8H2,1-3H3,(H,40,45)(H,41,46). The molecule has 6 saturated heterocycles. The summed E-state index contributed by atoms with van der Waals surface area (Å²) in [6.45, 7) is -0.861. The summed E-state index contributed by atoms with van der Waals surface area (Å²) in [7, 11) is 0. The maximum absolute atomic E-state index is 12.8. The molecule has 18 N–H and O–H groups in total. The SMILES string of the molecule is CC(=O)NC1C(OC2C(CO)OC(O)C(NC(C)=O)C2OC2OC(C)C(O)C(O)C2O)OC(CO)C(OC2OC(COC3OC(CO)C(O)C(O)C3O)C(O)C(O)C2OC2OCC(O)C(O)C2O)C1O. The van der Waals surface area contributed by atoms with Gasteiger partial charge >= 0.3 is 0 Å². The lowest BCUT2D eigenvalue weighted by Gasteiger charge is -2.51. The van der Waals surface area contributed by atoms with Crippen molar-refractivity contribution in [1.82, 2.24) is 10.6 Å². The minimum absolute atomic E-state index is 0.601. The lowest BCUT2D eigenvalue weighted by Crippen LogP contribution is -2.71. The predicted molar refractivity (Wildman–Crippen MR) is 215 cm³/mol. The van der Waals surface area contributed by atoms with E-state index in [1.165, 1.54) is 6.92 Å². The Hall–Kier alpha value is -2.14. The Morgan fingerprint density at radius 2 is 0.957 bits per heavy atom. The van der Waals surface area contributed by atoms with Crippen LogP contribution in [0.5, 0.6) is 0 Å². The van der Waals surface area contributed by atoms with Crippen molar-refractivity contribution in [2.75, 3.05) is 33.0 Å². The minimum Gasteiger partial charge on any atom is -0.394 e. The van der Waals surface area contributed by atoms with Gasteiger partial charge in [0.1, 0.15) is 134 Å². The number of hydrogen-bond donors (Lipinski definition) is 18. The van der Waals surface area contributed by atoms with E-state index in [1.807, 2.05) is 0 Å². The summed E-state index contributed by atoms with van der Waals surface area (Å²) in [5.41, 5.74) is 0. The maximum atomic E-state index is 12.8. The first-order chi connectivity index (χ1) is 33.0. The fraction of sp³-hybridized carbons (Fsp3) is 0.949. The Morgan fingerprint density at radius 1 is 0.457 bits per heavy atom. The smallest absolute Gasteiger partial charge is 0.217 e. The lowest BCUT2D eigenvalue weighted by molar-refractivity contribution is -0.389. The second-order valence-corrected chi connectivity index (χ2v) is 17.8. The Labute approximate surface area is 397 Å². The molecule has 6 heterocycles. The van der Waals surface area contributed by atoms with Gasteiger partial charge in [-0.1, -0.05) is 0 Å². The third kappa shape index (κ3) is 12.3. The molecule has 0 aromatic carbocycles. The van der Waals surface area contributed by atoms with Gasteiger partial charge in [-0.3, -0.25) is 9.59 Å². The Balaban J connectivity index is 1.29. The fourth-order valence-electron chi connectivity index (χ4n) is 8.86. The van der Waals surface area contributed by atoms with Crippen LogP contribution in [0.2, 0.25) is 0 Å². The van der Waals surface area contributed by atoms with Crippen LogP contribution in [-0.4, -0.2) is 305 Å². The molecule has 70 heavy (non-hydrogen) atoms. The van der Waals surface area contributed by atoms with Gasteiger partial charge in [-0.05, 0) is 6.92 Å². The van der Waals surface area contributed by atoms with Crippen molar-refractivity contribution < 1.29 is 143 Å². The zero-order chi connectivity index (χ0) is 51.6. The largest absolute Gasteiger partial charge is 0.394 e. The van der Waals surface area contributed by atoms with Gasteiger partial charge in [0.25, 0.3) is 0 Å². The van der Waals surface area contributed by atoms with Crippen LogP contribution < -0.4 is 10.6 Å². The van der Waals surface area contributed by atoms with Crippen LogP contribution in [0.4, 0.5) is 0 Å². The summed E-state index contributed by atoms with van der Waals surface area (Å²) in [4.78, 5) is 25.2. The number of hydrogen-bond acceptors (Lipinski definition) is 29. The molecule has 0 spiro atoms. The highest BCUT2D eigenvalue weighted by atomic mass is 16.8. The highest BCUT2D eigenvalue weighted by molar-refractivity contribution is 5.73. The average Bonchev–Trinajstić information content (AvgIpc) is 3.32. The van der Waals surface area contributed by atoms with Crippen LogP contribution in [0, 0.1) is 0 Å². The molecule has 0 radical (unpaired) electrons. The monoisotopic (exact) mass is 1030 g/mol. The summed E-state index contributed by atoms with van der Waals surface area (Å²) < 4.78 is 63.5. The zero-order valence-corrected chi connectivity index (χ0v) is 37.7. The van der Waals surface area contributed by atoms with Gasteiger partial charge in [-0.2, -0.15) is 0 Å². The van der Waals surface area contributed by atoms with Crippen LogP contribution in [-0.2, 0) is 61.7 Å². The van der Waals surface area contributed by atoms with Gasteiger partial charge in [0.2, 0.25) is 11.8 Å². The number of carbonyl (C=O) groups is 2. The van der Waals surface area contributed by atoms with E-state index in [0.717, 1.165) is 13.8 Å². The van der Waals surface area contributed by atoms with Crippen LogP contribution in [0.3, 0.4) is 0 Å². The molecule has 6 fully saturated rings. The van der Waals surface area contributed by atoms with E-state index in [1.54, 1.807) is 0 Å². The normalized spacial score (nSPS) is 50.3. The average molecular weight is 1030 g/mol. The number of amides is 2. The van der Waals surface area contributed by atoms with Crippen molar-refractivity contribution in [2.24, 2.45) is 0 Å². The van der Waals surface area contributed by atoms with E-state index in [2.05, 4.69) is 10.6 Å². The van der Waals surface area contributed by atoms with Crippen molar-refractivity contribution >= 4 is 11.8 Å². The van der Waals surface area contributed by atoms with Crippen molar-refractivity contribution in [2.45, 2.75) is 199 Å². The molecule has 2 amide bonds. The van der Waals surface area contributed by atoms with Gasteiger partial charge in [0.15, 0.2) is 37.7 Å². The molecule has 0 saturated carbocycles. The van der Waals surface area contributed by atoms with E-state index < -0.39 is 223 Å². The third-order valence-corrected chi connectivity index (χ3v) is 12.8. The highest BCUT2D eigenvalue weighted by Gasteiger charge is 2.57. The molecular formula is C39H66N2O29. The zero-order valence-electron chi connectivity index (χ0n) is 37.7. The molecule has 6 rings (SSSR count). The molecule has 406 valence electrons. The van der Waals surface area contributed by atoms with E-state index in [-0.39, 0.29) is 0 Å². The molecule has 0 bridgehead atoms. The number of aliphatic hydroxyl groups is 16. The maximum Gasteiger partial charge on any atom is 0.217 e. The van der Waals surface area contributed by atoms with Crippen LogP contribution in [0.15, 0.2) is 0 Å². The number of nitrogens with one attached hydrogen (secondary N) is 2. The summed E-state index contributed by atoms with van der Waals surface area (Å²) >= 11 is 0. The first-order valence-electron chi connectivity index (χ1n) is 22.4. The first-order valence-corrected chi connectivity index (χ1v) is 22.4. The van der Waals surface area contributed by atoms with E-state index in [0.29, 0.717) is 0 Å². The summed E-state index contributed by atoms with van der Waals surface area (Å²) in [6.07, 6.45) is -49.1. The number of rotatable bonds is 16. The summed E-state index contributed by atoms with van der Waals surface area (Å²) in [5, 5.41) is 175. The molecule has 6 aliphatic heterocycles. The molecule has 31 heteroatoms. The van der Waals surface area contributed by atoms with Crippen LogP contribution >= 0.6 is 0 Å². The fourth-order valence-corrected chi connectivity index (χ4v) is 8.86. The molecule has 0 aliphatic carbocycles. The van der Waals surface area contributed by atoms with E-state index in [9.17, 15) is 91.3 Å². The molecule has 0 aromatic heterocycles. The highest BCUT2D eigenvalue weighted by Crippen LogP contribution is 2.36. The summed E-state index contributed by atoms with van der Waals surface area (Å²) in [5.74, 6) is -1.60. The van der Waals surface area contributed by atoms with Gasteiger partial charge in [0, 0.05) is 13.8 Å². The van der Waals surface area contributed by atoms with Gasteiger partial charge in [-0.25, -0.2) is 0 Å². The van der Waals surface area contributed by atoms with Crippen molar-refractivity contribution in [1.29, 1.82) is 0 Å². The molecule has 31 nitrogen and oxygen atoms in total. The summed E-state index contributed by atoms with van der Waals surface area (Å²) in [6, 6.07) is -3.40. The quantitative estimate of drug-likeness (QED) is 0.0682. The van der Waals surface area contributed by atoms with Crippen LogP contribution in [0.1, 0.15) is 20.8 Å². The van der Waals surface area contributed by atoms with Gasteiger partial charge in [0.05, 0.1) is 39.1 Å². The Kier molecular flexibility index (Phi) is 20.0. The van der Waals surface area contributed by atoms with E-state index >= 15 is 0 Å². The number of aliphatic hydroxyl groups excluding tert-OH is 16. The minimum atomic E-state index is -2.14. The number of carbonyl (C=O) groups excluding carboxylic acids is 2. The van der Waals surface area contributed by atoms with Crippen molar-refractivity contribution in [3.8, 4) is 0 Å². The van der Waals surface area contributed by atoms with Gasteiger partial charge < -0.3 is 144 Å². The lowest BCUT2D eigenvalue weighted by atomic mass is 9.93. The number of ether oxygens (including phenoxy) is 11.